The zero-order valence-corrected chi connectivity index (χ0v) is 19.2. The molecule has 2 aliphatic heterocycles. The first-order valence-electron chi connectivity index (χ1n) is 10.8. The number of hydrogen-bond acceptors (Lipinski definition) is 4. The van der Waals surface area contributed by atoms with Crippen LogP contribution >= 0.6 is 0 Å². The normalized spacial score (nSPS) is 29.4. The highest BCUT2D eigenvalue weighted by Crippen LogP contribution is 2.36. The van der Waals surface area contributed by atoms with Crippen LogP contribution in [0.1, 0.15) is 81.1 Å². The van der Waals surface area contributed by atoms with Gasteiger partial charge in [0.25, 0.3) is 0 Å². The minimum atomic E-state index is -0.183. The third-order valence-electron chi connectivity index (χ3n) is 6.33. The van der Waals surface area contributed by atoms with Crippen LogP contribution in [0.4, 0.5) is 0 Å². The Balaban J connectivity index is 1.66. The summed E-state index contributed by atoms with van der Waals surface area (Å²) in [5.74, 6) is 0.242. The van der Waals surface area contributed by atoms with Crippen molar-refractivity contribution >= 4 is 11.8 Å². The highest BCUT2D eigenvalue weighted by atomic mass is 16.2. The first-order valence-corrected chi connectivity index (χ1v) is 10.8. The Labute approximate surface area is 171 Å². The van der Waals surface area contributed by atoms with Crippen molar-refractivity contribution in [3.63, 3.8) is 0 Å². The van der Waals surface area contributed by atoms with E-state index in [1.54, 1.807) is 0 Å². The van der Waals surface area contributed by atoms with Crippen molar-refractivity contribution in [2.75, 3.05) is 13.1 Å². The molecule has 0 aromatic rings. The molecule has 0 spiro atoms. The molecular formula is C22H42N4O2. The Morgan fingerprint density at radius 3 is 1.29 bits per heavy atom. The lowest BCUT2D eigenvalue weighted by Crippen LogP contribution is -2.48. The van der Waals surface area contributed by atoms with Crippen LogP contribution in [0.15, 0.2) is 0 Å². The van der Waals surface area contributed by atoms with Gasteiger partial charge < -0.3 is 21.3 Å². The quantitative estimate of drug-likeness (QED) is 0.500. The Morgan fingerprint density at radius 1 is 0.714 bits per heavy atom. The molecule has 162 valence electrons. The third-order valence-corrected chi connectivity index (χ3v) is 6.33. The van der Waals surface area contributed by atoms with Gasteiger partial charge in [0.05, 0.1) is 11.8 Å². The second-order valence-electron chi connectivity index (χ2n) is 11.3. The van der Waals surface area contributed by atoms with Gasteiger partial charge >= 0.3 is 0 Å². The molecule has 2 saturated heterocycles. The Kier molecular flexibility index (Phi) is 6.56. The highest BCUT2D eigenvalue weighted by Gasteiger charge is 2.48. The van der Waals surface area contributed by atoms with E-state index in [-0.39, 0.29) is 45.8 Å². The predicted octanol–water partition coefficient (Wildman–Crippen LogP) is 2.33. The molecule has 6 heteroatoms. The average molecular weight is 395 g/mol. The van der Waals surface area contributed by atoms with E-state index in [4.69, 9.17) is 0 Å². The molecule has 0 radical (unpaired) electrons. The van der Waals surface area contributed by atoms with Crippen LogP contribution in [0, 0.1) is 11.8 Å². The molecule has 28 heavy (non-hydrogen) atoms. The molecule has 0 aliphatic carbocycles. The van der Waals surface area contributed by atoms with E-state index in [0.717, 1.165) is 25.7 Å². The van der Waals surface area contributed by atoms with Crippen LogP contribution < -0.4 is 21.3 Å². The second-order valence-corrected chi connectivity index (χ2v) is 11.3. The third kappa shape index (κ3) is 5.69. The number of carbonyl (C=O) groups is 2. The number of amides is 2. The molecule has 0 bridgehead atoms. The molecular weight excluding hydrogens is 352 g/mol. The molecule has 0 aromatic heterocycles. The van der Waals surface area contributed by atoms with Gasteiger partial charge in [0.2, 0.25) is 11.8 Å². The molecule has 2 fully saturated rings. The van der Waals surface area contributed by atoms with Crippen molar-refractivity contribution in [2.45, 2.75) is 103 Å². The lowest BCUT2D eigenvalue weighted by Gasteiger charge is -2.28. The molecule has 2 atom stereocenters. The topological polar surface area (TPSA) is 82.3 Å². The van der Waals surface area contributed by atoms with Gasteiger partial charge in [-0.2, -0.15) is 0 Å². The van der Waals surface area contributed by atoms with Crippen LogP contribution in [0.2, 0.25) is 0 Å². The number of unbranched alkanes of at least 4 members (excludes halogenated alkanes) is 1. The van der Waals surface area contributed by atoms with Gasteiger partial charge in [0, 0.05) is 35.2 Å². The fraction of sp³-hybridized carbons (Fsp3) is 0.909. The summed E-state index contributed by atoms with van der Waals surface area (Å²) in [6.45, 7) is 18.3. The first-order chi connectivity index (χ1) is 12.7. The van der Waals surface area contributed by atoms with Gasteiger partial charge in [0.1, 0.15) is 0 Å². The standard InChI is InChI=1S/C22H42N4O2/c1-19(2)13-15(21(5,6)25-19)17(27)23-11-9-10-12-24-18(28)16-14-20(3,4)26-22(16,7)8/h15-16,25-26H,9-14H2,1-8H3,(H,23,27)(H,24,28)/t15-,16?/m0/s1. The summed E-state index contributed by atoms with van der Waals surface area (Å²) in [4.78, 5) is 25.1. The largest absolute Gasteiger partial charge is 0.356 e. The zero-order chi connectivity index (χ0) is 21.4. The van der Waals surface area contributed by atoms with Gasteiger partial charge in [-0.25, -0.2) is 0 Å². The van der Waals surface area contributed by atoms with E-state index in [1.807, 2.05) is 0 Å². The smallest absolute Gasteiger partial charge is 0.225 e. The van der Waals surface area contributed by atoms with E-state index in [2.05, 4.69) is 76.7 Å². The summed E-state index contributed by atoms with van der Waals surface area (Å²) in [6.07, 6.45) is 3.44. The van der Waals surface area contributed by atoms with Crippen molar-refractivity contribution in [3.05, 3.63) is 0 Å². The molecule has 4 N–H and O–H groups in total. The Bertz CT molecular complexity index is 543. The van der Waals surface area contributed by atoms with Crippen molar-refractivity contribution in [3.8, 4) is 0 Å². The molecule has 2 aliphatic rings. The van der Waals surface area contributed by atoms with E-state index in [1.165, 1.54) is 0 Å². The van der Waals surface area contributed by atoms with Gasteiger partial charge in [-0.15, -0.1) is 0 Å². The van der Waals surface area contributed by atoms with Crippen LogP contribution in [-0.4, -0.2) is 47.1 Å². The van der Waals surface area contributed by atoms with Crippen molar-refractivity contribution in [2.24, 2.45) is 11.8 Å². The monoisotopic (exact) mass is 394 g/mol. The molecule has 0 aromatic carbocycles. The molecule has 2 heterocycles. The van der Waals surface area contributed by atoms with E-state index < -0.39 is 0 Å². The number of nitrogens with one attached hydrogen (secondary N) is 4. The molecule has 6 nitrogen and oxygen atoms in total. The van der Waals surface area contributed by atoms with Crippen LogP contribution in [0.3, 0.4) is 0 Å². The number of hydrogen-bond donors (Lipinski definition) is 4. The lowest BCUT2D eigenvalue weighted by molar-refractivity contribution is -0.127. The predicted molar refractivity (Wildman–Crippen MR) is 114 cm³/mol. The summed E-state index contributed by atoms with van der Waals surface area (Å²) >= 11 is 0. The zero-order valence-electron chi connectivity index (χ0n) is 19.2. The number of carbonyl (C=O) groups excluding carboxylic acids is 2. The van der Waals surface area contributed by atoms with Gasteiger partial charge in [-0.05, 0) is 81.1 Å². The Morgan fingerprint density at radius 2 is 1.04 bits per heavy atom. The summed E-state index contributed by atoms with van der Waals surface area (Å²) in [5, 5.41) is 13.3. The van der Waals surface area contributed by atoms with Crippen molar-refractivity contribution in [1.82, 2.24) is 21.3 Å². The average Bonchev–Trinajstić information content (AvgIpc) is 2.87. The summed E-state index contributed by atoms with van der Waals surface area (Å²) in [6, 6.07) is 0. The van der Waals surface area contributed by atoms with Crippen molar-refractivity contribution in [1.29, 1.82) is 0 Å². The maximum Gasteiger partial charge on any atom is 0.225 e. The fourth-order valence-corrected chi connectivity index (χ4v) is 5.31. The molecule has 1 unspecified atom stereocenters. The SMILES string of the molecule is CC1(C)CC(C(=O)NCCCCNC(=O)[C@@H]2CC(C)(C)NC2(C)C)C(C)(C)N1. The summed E-state index contributed by atoms with van der Waals surface area (Å²) in [7, 11) is 0. The molecule has 0 saturated carbocycles. The minimum Gasteiger partial charge on any atom is -0.356 e. The van der Waals surface area contributed by atoms with Gasteiger partial charge in [0.15, 0.2) is 0 Å². The van der Waals surface area contributed by atoms with Gasteiger partial charge in [-0.3, -0.25) is 9.59 Å². The maximum atomic E-state index is 12.6. The first kappa shape index (κ1) is 23.1. The maximum absolute atomic E-state index is 12.6. The van der Waals surface area contributed by atoms with E-state index in [0.29, 0.717) is 13.1 Å². The molecule has 2 amide bonds. The Hall–Kier alpha value is -1.14. The van der Waals surface area contributed by atoms with E-state index in [9.17, 15) is 9.59 Å². The van der Waals surface area contributed by atoms with Crippen molar-refractivity contribution < 1.29 is 9.59 Å². The van der Waals surface area contributed by atoms with Crippen LogP contribution in [0.5, 0.6) is 0 Å². The van der Waals surface area contributed by atoms with Crippen LogP contribution in [0.25, 0.3) is 0 Å². The number of rotatable bonds is 7. The minimum absolute atomic E-state index is 0.00672. The van der Waals surface area contributed by atoms with Gasteiger partial charge in [-0.1, -0.05) is 0 Å². The van der Waals surface area contributed by atoms with Crippen LogP contribution in [-0.2, 0) is 9.59 Å². The van der Waals surface area contributed by atoms with E-state index >= 15 is 0 Å². The lowest BCUT2D eigenvalue weighted by atomic mass is 9.86. The molecule has 2 rings (SSSR count). The highest BCUT2D eigenvalue weighted by molar-refractivity contribution is 5.81. The summed E-state index contributed by atoms with van der Waals surface area (Å²) in [5.41, 5.74) is -0.380. The summed E-state index contributed by atoms with van der Waals surface area (Å²) < 4.78 is 0. The second kappa shape index (κ2) is 7.94. The fourth-order valence-electron chi connectivity index (χ4n) is 5.31.